The quantitative estimate of drug-likeness (QED) is 0.594. The minimum absolute atomic E-state index is 0.374. The minimum atomic E-state index is 0.374. The van der Waals surface area contributed by atoms with Crippen LogP contribution in [0.3, 0.4) is 0 Å². The van der Waals surface area contributed by atoms with E-state index in [-0.39, 0.29) is 0 Å². The van der Waals surface area contributed by atoms with Gasteiger partial charge < -0.3 is 4.74 Å². The number of rotatable bonds is 5. The van der Waals surface area contributed by atoms with Gasteiger partial charge in [0.25, 0.3) is 0 Å². The molecule has 2 heteroatoms. The average Bonchev–Trinajstić information content (AvgIpc) is 2.19. The molecule has 0 fully saturated rings. The lowest BCUT2D eigenvalue weighted by Gasteiger charge is -2.16. The fourth-order valence-corrected chi connectivity index (χ4v) is 1.85. The standard InChI is InChI=1S/C11H15IO/c1-2-10(8-9-12)13-11-6-4-3-5-7-11/h3-7,10H,2,8-9H2,1H3. The fourth-order valence-electron chi connectivity index (χ4n) is 1.16. The van der Waals surface area contributed by atoms with Gasteiger partial charge >= 0.3 is 0 Å². The highest BCUT2D eigenvalue weighted by molar-refractivity contribution is 14.1. The van der Waals surface area contributed by atoms with Crippen LogP contribution in [0.2, 0.25) is 0 Å². The molecule has 1 atom stereocenters. The molecule has 0 heterocycles. The van der Waals surface area contributed by atoms with Crippen LogP contribution >= 0.6 is 22.6 Å². The van der Waals surface area contributed by atoms with E-state index < -0.39 is 0 Å². The molecule has 0 saturated heterocycles. The van der Waals surface area contributed by atoms with Crippen molar-refractivity contribution in [1.29, 1.82) is 0 Å². The SMILES string of the molecule is CCC(CCI)Oc1ccccc1. The normalized spacial score (nSPS) is 12.5. The van der Waals surface area contributed by atoms with Crippen LogP contribution in [0.4, 0.5) is 0 Å². The molecular weight excluding hydrogens is 275 g/mol. The van der Waals surface area contributed by atoms with Crippen molar-refractivity contribution < 1.29 is 4.74 Å². The highest BCUT2D eigenvalue weighted by atomic mass is 127. The molecule has 1 rings (SSSR count). The van der Waals surface area contributed by atoms with Crippen molar-refractivity contribution in [3.05, 3.63) is 30.3 Å². The van der Waals surface area contributed by atoms with Crippen LogP contribution < -0.4 is 4.74 Å². The first-order chi connectivity index (χ1) is 6.36. The Morgan fingerprint density at radius 1 is 1.31 bits per heavy atom. The second-order valence-electron chi connectivity index (χ2n) is 2.94. The summed E-state index contributed by atoms with van der Waals surface area (Å²) in [5.41, 5.74) is 0. The molecule has 0 aliphatic heterocycles. The van der Waals surface area contributed by atoms with Gasteiger partial charge in [0, 0.05) is 4.43 Å². The zero-order chi connectivity index (χ0) is 9.52. The molecule has 0 aliphatic rings. The maximum atomic E-state index is 5.80. The van der Waals surface area contributed by atoms with E-state index in [2.05, 4.69) is 29.5 Å². The van der Waals surface area contributed by atoms with Crippen LogP contribution in [0.5, 0.6) is 5.75 Å². The molecule has 0 saturated carbocycles. The molecule has 0 aromatic heterocycles. The average molecular weight is 290 g/mol. The summed E-state index contributed by atoms with van der Waals surface area (Å²) in [5.74, 6) is 0.985. The summed E-state index contributed by atoms with van der Waals surface area (Å²) < 4.78 is 6.96. The number of alkyl halides is 1. The summed E-state index contributed by atoms with van der Waals surface area (Å²) in [7, 11) is 0. The van der Waals surface area contributed by atoms with E-state index >= 15 is 0 Å². The lowest BCUT2D eigenvalue weighted by molar-refractivity contribution is 0.195. The van der Waals surface area contributed by atoms with E-state index in [1.54, 1.807) is 0 Å². The number of benzene rings is 1. The molecule has 1 unspecified atom stereocenters. The van der Waals surface area contributed by atoms with E-state index in [0.29, 0.717) is 6.10 Å². The van der Waals surface area contributed by atoms with E-state index in [0.717, 1.165) is 23.0 Å². The van der Waals surface area contributed by atoms with Crippen LogP contribution in [-0.4, -0.2) is 10.5 Å². The molecule has 1 nitrogen and oxygen atoms in total. The Balaban J connectivity index is 2.46. The monoisotopic (exact) mass is 290 g/mol. The van der Waals surface area contributed by atoms with Gasteiger partial charge in [0.2, 0.25) is 0 Å². The zero-order valence-electron chi connectivity index (χ0n) is 7.87. The molecular formula is C11H15IO. The lowest BCUT2D eigenvalue weighted by atomic mass is 10.2. The molecule has 0 bridgehead atoms. The first-order valence-corrected chi connectivity index (χ1v) is 6.17. The Hall–Kier alpha value is -0.250. The van der Waals surface area contributed by atoms with Crippen molar-refractivity contribution in [2.24, 2.45) is 0 Å². The van der Waals surface area contributed by atoms with Crippen molar-refractivity contribution in [2.75, 3.05) is 4.43 Å². The third kappa shape index (κ3) is 3.98. The molecule has 0 amide bonds. The number of hydrogen-bond donors (Lipinski definition) is 0. The van der Waals surface area contributed by atoms with Gasteiger partial charge in [-0.15, -0.1) is 0 Å². The van der Waals surface area contributed by atoms with Crippen molar-refractivity contribution in [2.45, 2.75) is 25.9 Å². The van der Waals surface area contributed by atoms with Gasteiger partial charge in [0.15, 0.2) is 0 Å². The van der Waals surface area contributed by atoms with E-state index in [1.807, 2.05) is 30.3 Å². The topological polar surface area (TPSA) is 9.23 Å². The van der Waals surface area contributed by atoms with Gasteiger partial charge in [-0.3, -0.25) is 0 Å². The Kier molecular flexibility index (Phi) is 5.20. The number of ether oxygens (including phenoxy) is 1. The minimum Gasteiger partial charge on any atom is -0.490 e. The molecule has 72 valence electrons. The van der Waals surface area contributed by atoms with Crippen LogP contribution in [-0.2, 0) is 0 Å². The molecule has 0 aliphatic carbocycles. The predicted molar refractivity (Wildman–Crippen MR) is 64.7 cm³/mol. The third-order valence-electron chi connectivity index (χ3n) is 1.93. The Morgan fingerprint density at radius 2 is 2.00 bits per heavy atom. The van der Waals surface area contributed by atoms with E-state index in [1.165, 1.54) is 0 Å². The maximum Gasteiger partial charge on any atom is 0.119 e. The fraction of sp³-hybridized carbons (Fsp3) is 0.455. The summed E-state index contributed by atoms with van der Waals surface area (Å²) in [4.78, 5) is 0. The summed E-state index contributed by atoms with van der Waals surface area (Å²) in [5, 5.41) is 0. The number of hydrogen-bond acceptors (Lipinski definition) is 1. The molecule has 0 N–H and O–H groups in total. The summed E-state index contributed by atoms with van der Waals surface area (Å²) in [6.07, 6.45) is 2.59. The van der Waals surface area contributed by atoms with Gasteiger partial charge in [-0.2, -0.15) is 0 Å². The highest BCUT2D eigenvalue weighted by Crippen LogP contribution is 2.14. The van der Waals surface area contributed by atoms with Crippen LogP contribution in [0.15, 0.2) is 30.3 Å². The van der Waals surface area contributed by atoms with Crippen LogP contribution in [0.1, 0.15) is 19.8 Å². The van der Waals surface area contributed by atoms with Gasteiger partial charge in [0.1, 0.15) is 5.75 Å². The van der Waals surface area contributed by atoms with E-state index in [9.17, 15) is 0 Å². The van der Waals surface area contributed by atoms with Gasteiger partial charge in [-0.25, -0.2) is 0 Å². The van der Waals surface area contributed by atoms with Crippen molar-refractivity contribution in [3.8, 4) is 5.75 Å². The molecule has 0 radical (unpaired) electrons. The summed E-state index contributed by atoms with van der Waals surface area (Å²) in [6.45, 7) is 2.17. The van der Waals surface area contributed by atoms with Crippen molar-refractivity contribution >= 4 is 22.6 Å². The summed E-state index contributed by atoms with van der Waals surface area (Å²) >= 11 is 2.39. The number of para-hydroxylation sites is 1. The lowest BCUT2D eigenvalue weighted by Crippen LogP contribution is -2.15. The largest absolute Gasteiger partial charge is 0.490 e. The molecule has 13 heavy (non-hydrogen) atoms. The van der Waals surface area contributed by atoms with Gasteiger partial charge in [-0.1, -0.05) is 47.7 Å². The first kappa shape index (κ1) is 10.8. The maximum absolute atomic E-state index is 5.80. The molecule has 1 aromatic carbocycles. The van der Waals surface area contributed by atoms with Crippen LogP contribution in [0, 0.1) is 0 Å². The van der Waals surface area contributed by atoms with E-state index in [4.69, 9.17) is 4.74 Å². The molecule has 1 aromatic rings. The van der Waals surface area contributed by atoms with Gasteiger partial charge in [-0.05, 0) is 25.0 Å². The predicted octanol–water partition coefficient (Wildman–Crippen LogP) is 3.67. The third-order valence-corrected chi connectivity index (χ3v) is 2.56. The second-order valence-corrected chi connectivity index (χ2v) is 4.02. The Labute approximate surface area is 93.6 Å². The second kappa shape index (κ2) is 6.24. The molecule has 0 spiro atoms. The van der Waals surface area contributed by atoms with Gasteiger partial charge in [0.05, 0.1) is 6.10 Å². The zero-order valence-corrected chi connectivity index (χ0v) is 10.0. The van der Waals surface area contributed by atoms with Crippen LogP contribution in [0.25, 0.3) is 0 Å². The van der Waals surface area contributed by atoms with Crippen molar-refractivity contribution in [1.82, 2.24) is 0 Å². The Bertz CT molecular complexity index is 223. The highest BCUT2D eigenvalue weighted by Gasteiger charge is 2.05. The summed E-state index contributed by atoms with van der Waals surface area (Å²) in [6, 6.07) is 10.0. The first-order valence-electron chi connectivity index (χ1n) is 4.64. The van der Waals surface area contributed by atoms with Crippen molar-refractivity contribution in [3.63, 3.8) is 0 Å². The smallest absolute Gasteiger partial charge is 0.119 e. The number of halogens is 1. The Morgan fingerprint density at radius 3 is 2.54 bits per heavy atom.